The first-order valence-corrected chi connectivity index (χ1v) is 18.3. The van der Waals surface area contributed by atoms with Crippen molar-refractivity contribution in [3.8, 4) is 40.3 Å². The van der Waals surface area contributed by atoms with Crippen molar-refractivity contribution in [3.05, 3.63) is 187 Å². The molecular weight excluding hydrogens is 671 g/mol. The molecule has 0 aliphatic carbocycles. The molecule has 0 aliphatic rings. The Morgan fingerprint density at radius 3 is 1.05 bits per heavy atom. The molecule has 8 aromatic carbocycles. The van der Waals surface area contributed by atoms with E-state index in [0.29, 0.717) is 16.7 Å². The maximum atomic E-state index is 9.89. The second-order valence-corrected chi connectivity index (χ2v) is 14.0. The normalized spacial score (nSPS) is 11.6. The molecule has 0 bridgehead atoms. The lowest BCUT2D eigenvalue weighted by Gasteiger charge is -2.12. The molecule has 0 unspecified atom stereocenters. The van der Waals surface area contributed by atoms with Crippen molar-refractivity contribution < 1.29 is 0 Å². The van der Waals surface area contributed by atoms with Crippen LogP contribution in [0.5, 0.6) is 0 Å². The maximum Gasteiger partial charge on any atom is 0.0998 e. The molecule has 0 atom stereocenters. The van der Waals surface area contributed by atoms with Crippen LogP contribution in [0.3, 0.4) is 0 Å². The smallest absolute Gasteiger partial charge is 0.0998 e. The highest BCUT2D eigenvalue weighted by molar-refractivity contribution is 6.14. The molecule has 5 nitrogen and oxygen atoms in total. The first kappa shape index (κ1) is 30.7. The van der Waals surface area contributed by atoms with Crippen LogP contribution >= 0.6 is 0 Å². The number of para-hydroxylation sites is 4. The molecule has 0 fully saturated rings. The van der Waals surface area contributed by atoms with Crippen molar-refractivity contribution in [2.24, 2.45) is 0 Å². The van der Waals surface area contributed by atoms with Gasteiger partial charge >= 0.3 is 0 Å². The van der Waals surface area contributed by atoms with Gasteiger partial charge in [-0.05, 0) is 90.5 Å². The first-order chi connectivity index (χ1) is 27.2. The van der Waals surface area contributed by atoms with Crippen LogP contribution in [-0.4, -0.2) is 13.7 Å². The fourth-order valence-corrected chi connectivity index (χ4v) is 8.78. The summed E-state index contributed by atoms with van der Waals surface area (Å²) >= 11 is 0. The molecule has 11 aromatic rings. The third kappa shape index (κ3) is 4.45. The van der Waals surface area contributed by atoms with E-state index in [1.807, 2.05) is 12.1 Å². The number of rotatable bonds is 4. The molecule has 11 rings (SSSR count). The van der Waals surface area contributed by atoms with Gasteiger partial charge in [0.1, 0.15) is 0 Å². The van der Waals surface area contributed by atoms with E-state index in [4.69, 9.17) is 0 Å². The minimum absolute atomic E-state index is 0.485. The van der Waals surface area contributed by atoms with Gasteiger partial charge in [0.25, 0.3) is 0 Å². The minimum atomic E-state index is 0.485. The molecule has 254 valence electrons. The van der Waals surface area contributed by atoms with Crippen molar-refractivity contribution in [1.29, 1.82) is 10.5 Å². The average molecular weight is 700 g/mol. The number of aromatic nitrogens is 3. The van der Waals surface area contributed by atoms with Crippen molar-refractivity contribution in [1.82, 2.24) is 13.7 Å². The van der Waals surface area contributed by atoms with Gasteiger partial charge in [-0.2, -0.15) is 10.5 Å². The molecule has 55 heavy (non-hydrogen) atoms. The third-order valence-corrected chi connectivity index (χ3v) is 11.1. The molecular formula is C50H29N5. The van der Waals surface area contributed by atoms with Gasteiger partial charge in [0.05, 0.1) is 56.4 Å². The van der Waals surface area contributed by atoms with Crippen molar-refractivity contribution in [2.45, 2.75) is 0 Å². The predicted octanol–water partition coefficient (Wildman–Crippen LogP) is 12.4. The molecule has 5 heteroatoms. The zero-order chi connectivity index (χ0) is 36.6. The molecule has 0 aliphatic heterocycles. The number of fused-ring (bicyclic) bond motifs is 9. The van der Waals surface area contributed by atoms with Crippen LogP contribution in [0.25, 0.3) is 93.6 Å². The second kappa shape index (κ2) is 11.8. The Kier molecular flexibility index (Phi) is 6.61. The fourth-order valence-electron chi connectivity index (χ4n) is 8.78. The Labute approximate surface area is 316 Å². The molecule has 0 amide bonds. The highest BCUT2D eigenvalue weighted by atomic mass is 15.0. The SMILES string of the molecule is N#Cc1cccc(C#N)c1-c1ccc(-n2c3ccc(-n4c5ccccc5c5ccccc54)cc3c3cc(-n4c5ccccc5c5ccccc54)ccc32)cc1. The van der Waals surface area contributed by atoms with E-state index in [2.05, 4.69) is 171 Å². The Morgan fingerprint density at radius 2 is 0.655 bits per heavy atom. The number of benzene rings is 8. The topological polar surface area (TPSA) is 62.4 Å². The summed E-state index contributed by atoms with van der Waals surface area (Å²) in [6.07, 6.45) is 0. The van der Waals surface area contributed by atoms with Crippen LogP contribution in [-0.2, 0) is 0 Å². The zero-order valence-electron chi connectivity index (χ0n) is 29.5. The maximum absolute atomic E-state index is 9.89. The van der Waals surface area contributed by atoms with Gasteiger partial charge in [0.2, 0.25) is 0 Å². The summed E-state index contributed by atoms with van der Waals surface area (Å²) in [5.41, 5.74) is 12.5. The summed E-state index contributed by atoms with van der Waals surface area (Å²) in [4.78, 5) is 0. The van der Waals surface area contributed by atoms with Crippen LogP contribution in [0.4, 0.5) is 0 Å². The van der Waals surface area contributed by atoms with E-state index in [0.717, 1.165) is 44.4 Å². The highest BCUT2D eigenvalue weighted by Gasteiger charge is 2.19. The summed E-state index contributed by atoms with van der Waals surface area (Å²) in [5.74, 6) is 0. The van der Waals surface area contributed by atoms with E-state index < -0.39 is 0 Å². The standard InChI is InChI=1S/C50H29N5/c51-30-33-10-9-11-34(31-52)50(33)32-20-22-35(23-21-32)53-48-26-24-36(54-44-16-5-1-12-38(44)39-13-2-6-17-45(39)54)28-42(48)43-29-37(25-27-49(43)53)55-46-18-7-3-14-40(46)41-15-4-8-19-47(41)55/h1-29H. The lowest BCUT2D eigenvalue weighted by molar-refractivity contribution is 1.16. The first-order valence-electron chi connectivity index (χ1n) is 18.3. The third-order valence-electron chi connectivity index (χ3n) is 11.1. The summed E-state index contributed by atoms with van der Waals surface area (Å²) in [5, 5.41) is 27.0. The quantitative estimate of drug-likeness (QED) is 0.184. The Morgan fingerprint density at radius 1 is 0.309 bits per heavy atom. The molecule has 0 saturated heterocycles. The van der Waals surface area contributed by atoms with E-state index in [9.17, 15) is 10.5 Å². The molecule has 3 heterocycles. The van der Waals surface area contributed by atoms with Crippen LogP contribution < -0.4 is 0 Å². The Hall–Kier alpha value is -7.86. The zero-order valence-corrected chi connectivity index (χ0v) is 29.5. The van der Waals surface area contributed by atoms with E-state index in [1.54, 1.807) is 18.2 Å². The number of hydrogen-bond acceptors (Lipinski definition) is 2. The molecule has 0 N–H and O–H groups in total. The number of hydrogen-bond donors (Lipinski definition) is 0. The highest BCUT2D eigenvalue weighted by Crippen LogP contribution is 2.40. The largest absolute Gasteiger partial charge is 0.309 e. The van der Waals surface area contributed by atoms with Gasteiger partial charge in [0, 0.05) is 54.9 Å². The average Bonchev–Trinajstić information content (AvgIpc) is 3.88. The van der Waals surface area contributed by atoms with Gasteiger partial charge in [-0.25, -0.2) is 0 Å². The lowest BCUT2D eigenvalue weighted by atomic mass is 9.95. The summed E-state index contributed by atoms with van der Waals surface area (Å²) in [6, 6.07) is 66.1. The predicted molar refractivity (Wildman–Crippen MR) is 224 cm³/mol. The summed E-state index contributed by atoms with van der Waals surface area (Å²) in [6.45, 7) is 0. The number of nitriles is 2. The van der Waals surface area contributed by atoms with Gasteiger partial charge in [0.15, 0.2) is 0 Å². The van der Waals surface area contributed by atoms with Crippen LogP contribution in [0.15, 0.2) is 176 Å². The fraction of sp³-hybridized carbons (Fsp3) is 0. The second-order valence-electron chi connectivity index (χ2n) is 14.0. The molecule has 3 aromatic heterocycles. The Balaban J connectivity index is 1.18. The summed E-state index contributed by atoms with van der Waals surface area (Å²) < 4.78 is 7.07. The van der Waals surface area contributed by atoms with Crippen LogP contribution in [0.1, 0.15) is 11.1 Å². The van der Waals surface area contributed by atoms with Crippen LogP contribution in [0.2, 0.25) is 0 Å². The molecule has 0 radical (unpaired) electrons. The minimum Gasteiger partial charge on any atom is -0.309 e. The monoisotopic (exact) mass is 699 g/mol. The van der Waals surface area contributed by atoms with Gasteiger partial charge < -0.3 is 13.7 Å². The summed E-state index contributed by atoms with van der Waals surface area (Å²) in [7, 11) is 0. The van der Waals surface area contributed by atoms with E-state index >= 15 is 0 Å². The molecule has 0 saturated carbocycles. The van der Waals surface area contributed by atoms with Gasteiger partial charge in [-0.3, -0.25) is 0 Å². The Bertz CT molecular complexity index is 3140. The van der Waals surface area contributed by atoms with E-state index in [-0.39, 0.29) is 0 Å². The number of nitrogens with zero attached hydrogens (tertiary/aromatic N) is 5. The van der Waals surface area contributed by atoms with Crippen LogP contribution in [0, 0.1) is 22.7 Å². The van der Waals surface area contributed by atoms with Gasteiger partial charge in [-0.15, -0.1) is 0 Å². The van der Waals surface area contributed by atoms with Crippen molar-refractivity contribution in [3.63, 3.8) is 0 Å². The molecule has 0 spiro atoms. The van der Waals surface area contributed by atoms with Crippen molar-refractivity contribution in [2.75, 3.05) is 0 Å². The van der Waals surface area contributed by atoms with Gasteiger partial charge in [-0.1, -0.05) is 91.0 Å². The van der Waals surface area contributed by atoms with Crippen molar-refractivity contribution >= 4 is 65.4 Å². The lowest BCUT2D eigenvalue weighted by Crippen LogP contribution is -1.97. The van der Waals surface area contributed by atoms with E-state index in [1.165, 1.54) is 43.6 Å².